The van der Waals surface area contributed by atoms with E-state index in [9.17, 15) is 5.11 Å². The Morgan fingerprint density at radius 1 is 0.562 bits per heavy atom. The summed E-state index contributed by atoms with van der Waals surface area (Å²) in [6.07, 6.45) is 13.6. The number of hydrogen-bond donors (Lipinski definition) is 1. The molecule has 5 saturated carbocycles. The van der Waals surface area contributed by atoms with Crippen molar-refractivity contribution in [2.24, 2.45) is 62.1 Å². The predicted molar refractivity (Wildman–Crippen MR) is 135 cm³/mol. The van der Waals surface area contributed by atoms with Crippen molar-refractivity contribution in [3.63, 3.8) is 0 Å². The minimum Gasteiger partial charge on any atom is -0.393 e. The van der Waals surface area contributed by atoms with E-state index in [1.807, 2.05) is 0 Å². The van der Waals surface area contributed by atoms with E-state index in [1.165, 1.54) is 57.8 Å². The third-order valence-corrected chi connectivity index (χ3v) is 14.7. The van der Waals surface area contributed by atoms with Gasteiger partial charge in [-0.1, -0.05) is 62.3 Å². The van der Waals surface area contributed by atoms with Crippen LogP contribution in [0, 0.1) is 62.1 Å². The highest BCUT2D eigenvalue weighted by Crippen LogP contribution is 2.80. The summed E-state index contributed by atoms with van der Waals surface area (Å²) in [5.74, 6) is 4.14. The highest BCUT2D eigenvalue weighted by atomic mass is 16.3. The largest absolute Gasteiger partial charge is 0.393 e. The monoisotopic (exact) mass is 442 g/mol. The minimum absolute atomic E-state index is 0.0686. The van der Waals surface area contributed by atoms with Crippen LogP contribution in [0.15, 0.2) is 0 Å². The second-order valence-electron chi connectivity index (χ2n) is 15.7. The highest BCUT2D eigenvalue weighted by Gasteiger charge is 2.72. The molecule has 5 rings (SSSR count). The van der Waals surface area contributed by atoms with Crippen LogP contribution in [0.2, 0.25) is 0 Å². The quantitative estimate of drug-likeness (QED) is 0.431. The van der Waals surface area contributed by atoms with Gasteiger partial charge in [0.05, 0.1) is 6.10 Å². The fraction of sp³-hybridized carbons (Fsp3) is 1.00. The summed E-state index contributed by atoms with van der Waals surface area (Å²) in [5.41, 5.74) is 2.46. The van der Waals surface area contributed by atoms with Gasteiger partial charge in [0.2, 0.25) is 0 Å². The Balaban J connectivity index is 1.54. The standard InChI is InChI=1S/C31H54O/c1-20(2)21-12-16-30(8)24-11-10-23-27(5)15-14-25(32)26(3,4)22(27)13-17-29(23,7)31(24,9)19-18-28(21,30)6/h20-25,32H,10-19H2,1-9H3. The molecule has 10 atom stereocenters. The highest BCUT2D eigenvalue weighted by molar-refractivity contribution is 5.21. The first kappa shape index (κ1) is 23.7. The van der Waals surface area contributed by atoms with Gasteiger partial charge >= 0.3 is 0 Å². The van der Waals surface area contributed by atoms with E-state index in [0.29, 0.717) is 33.0 Å². The second-order valence-corrected chi connectivity index (χ2v) is 15.7. The lowest BCUT2D eigenvalue weighted by molar-refractivity contribution is -0.262. The van der Waals surface area contributed by atoms with E-state index in [-0.39, 0.29) is 11.5 Å². The molecule has 0 aromatic carbocycles. The van der Waals surface area contributed by atoms with E-state index in [4.69, 9.17) is 0 Å². The molecule has 0 radical (unpaired) electrons. The molecule has 0 aromatic rings. The maximum absolute atomic E-state index is 10.9. The predicted octanol–water partition coefficient (Wildman–Crippen LogP) is 8.49. The third kappa shape index (κ3) is 2.51. The van der Waals surface area contributed by atoms with Gasteiger partial charge in [-0.2, -0.15) is 0 Å². The zero-order valence-electron chi connectivity index (χ0n) is 23.0. The Hall–Kier alpha value is -0.0400. The SMILES string of the molecule is CC(C)C1CCC2(C)C3CCC4C5(C)CCC(O)C(C)(C)C5CCC4(C)C3(C)CCC12C. The fourth-order valence-electron chi connectivity index (χ4n) is 12.5. The van der Waals surface area contributed by atoms with Gasteiger partial charge in [-0.05, 0) is 126 Å². The van der Waals surface area contributed by atoms with Crippen molar-refractivity contribution in [3.8, 4) is 0 Å². The maximum Gasteiger partial charge on any atom is 0.0594 e. The van der Waals surface area contributed by atoms with E-state index < -0.39 is 0 Å². The molecule has 1 heteroatoms. The van der Waals surface area contributed by atoms with Crippen LogP contribution < -0.4 is 0 Å². The zero-order chi connectivity index (χ0) is 23.5. The van der Waals surface area contributed by atoms with E-state index in [1.54, 1.807) is 0 Å². The van der Waals surface area contributed by atoms with Gasteiger partial charge in [0.15, 0.2) is 0 Å². The molecule has 0 aliphatic heterocycles. The Morgan fingerprint density at radius 2 is 1.09 bits per heavy atom. The van der Waals surface area contributed by atoms with Gasteiger partial charge in [0, 0.05) is 0 Å². The molecule has 0 saturated heterocycles. The number of rotatable bonds is 1. The molecule has 10 unspecified atom stereocenters. The van der Waals surface area contributed by atoms with Gasteiger partial charge < -0.3 is 5.11 Å². The van der Waals surface area contributed by atoms with Crippen molar-refractivity contribution >= 4 is 0 Å². The van der Waals surface area contributed by atoms with Gasteiger partial charge in [0.1, 0.15) is 0 Å². The summed E-state index contributed by atoms with van der Waals surface area (Å²) in [7, 11) is 0. The fourth-order valence-corrected chi connectivity index (χ4v) is 12.5. The zero-order valence-corrected chi connectivity index (χ0v) is 23.0. The topological polar surface area (TPSA) is 20.2 Å². The van der Waals surface area contributed by atoms with Crippen LogP contribution in [0.1, 0.15) is 127 Å². The van der Waals surface area contributed by atoms with Crippen LogP contribution in [0.25, 0.3) is 0 Å². The van der Waals surface area contributed by atoms with Gasteiger partial charge in [-0.15, -0.1) is 0 Å². The van der Waals surface area contributed by atoms with Gasteiger partial charge in [0.25, 0.3) is 0 Å². The van der Waals surface area contributed by atoms with Crippen LogP contribution in [-0.2, 0) is 0 Å². The molecule has 5 aliphatic rings. The molecule has 0 heterocycles. The van der Waals surface area contributed by atoms with E-state index >= 15 is 0 Å². The molecule has 0 spiro atoms. The molecule has 0 bridgehead atoms. The Kier molecular flexibility index (Phi) is 5.03. The number of hydrogen-bond acceptors (Lipinski definition) is 1. The first-order valence-electron chi connectivity index (χ1n) is 14.4. The van der Waals surface area contributed by atoms with Crippen LogP contribution >= 0.6 is 0 Å². The molecule has 184 valence electrons. The summed E-state index contributed by atoms with van der Waals surface area (Å²) in [5, 5.41) is 10.9. The molecule has 1 nitrogen and oxygen atoms in total. The first-order valence-corrected chi connectivity index (χ1v) is 14.4. The molecule has 32 heavy (non-hydrogen) atoms. The summed E-state index contributed by atoms with van der Waals surface area (Å²) in [6.45, 7) is 23.4. The second kappa shape index (κ2) is 6.79. The molecule has 5 aliphatic carbocycles. The third-order valence-electron chi connectivity index (χ3n) is 14.7. The van der Waals surface area contributed by atoms with Crippen molar-refractivity contribution in [1.29, 1.82) is 0 Å². The summed E-state index contributed by atoms with van der Waals surface area (Å²) in [4.78, 5) is 0. The van der Waals surface area contributed by atoms with Crippen molar-refractivity contribution in [2.45, 2.75) is 133 Å². The lowest BCUT2D eigenvalue weighted by atomic mass is 9.30. The normalized spacial score (nSPS) is 59.2. The van der Waals surface area contributed by atoms with Crippen molar-refractivity contribution in [1.82, 2.24) is 0 Å². The average molecular weight is 443 g/mol. The summed E-state index contributed by atoms with van der Waals surface area (Å²) < 4.78 is 0. The van der Waals surface area contributed by atoms with Gasteiger partial charge in [-0.3, -0.25) is 0 Å². The molecule has 0 amide bonds. The van der Waals surface area contributed by atoms with E-state index in [0.717, 1.165) is 30.1 Å². The summed E-state index contributed by atoms with van der Waals surface area (Å²) >= 11 is 0. The number of aliphatic hydroxyl groups excluding tert-OH is 1. The van der Waals surface area contributed by atoms with Crippen LogP contribution in [0.5, 0.6) is 0 Å². The molecular weight excluding hydrogens is 388 g/mol. The first-order chi connectivity index (χ1) is 14.7. The van der Waals surface area contributed by atoms with Crippen LogP contribution in [0.3, 0.4) is 0 Å². The van der Waals surface area contributed by atoms with E-state index in [2.05, 4.69) is 62.3 Å². The van der Waals surface area contributed by atoms with Crippen molar-refractivity contribution < 1.29 is 5.11 Å². The smallest absolute Gasteiger partial charge is 0.0594 e. The number of aliphatic hydroxyl groups is 1. The summed E-state index contributed by atoms with van der Waals surface area (Å²) in [6, 6.07) is 0. The Bertz CT molecular complexity index is 768. The Morgan fingerprint density at radius 3 is 1.75 bits per heavy atom. The lowest BCUT2D eigenvalue weighted by Gasteiger charge is -2.74. The van der Waals surface area contributed by atoms with Gasteiger partial charge in [-0.25, -0.2) is 0 Å². The Labute approximate surface area is 199 Å². The average Bonchev–Trinajstić information content (AvgIpc) is 2.98. The molecular formula is C31H54O. The molecule has 5 fully saturated rings. The van der Waals surface area contributed by atoms with Crippen LogP contribution in [-0.4, -0.2) is 11.2 Å². The maximum atomic E-state index is 10.9. The van der Waals surface area contributed by atoms with Crippen molar-refractivity contribution in [3.05, 3.63) is 0 Å². The number of fused-ring (bicyclic) bond motifs is 7. The molecule has 0 aromatic heterocycles. The lowest BCUT2D eigenvalue weighted by Crippen LogP contribution is -2.68. The van der Waals surface area contributed by atoms with Crippen molar-refractivity contribution in [2.75, 3.05) is 0 Å². The minimum atomic E-state index is -0.113. The molecule has 1 N–H and O–H groups in total. The van der Waals surface area contributed by atoms with Crippen LogP contribution in [0.4, 0.5) is 0 Å².